The van der Waals surface area contributed by atoms with Crippen LogP contribution in [-0.2, 0) is 14.8 Å². The molecular formula is C50H58N6O9S2. The van der Waals surface area contributed by atoms with Gasteiger partial charge in [0.1, 0.15) is 34.4 Å². The van der Waals surface area contributed by atoms with Crippen LogP contribution < -0.4 is 24.4 Å². The number of carbonyl (C=O) groups is 1. The van der Waals surface area contributed by atoms with Gasteiger partial charge in [0, 0.05) is 66.5 Å². The normalized spacial score (nSPS) is 23.2. The maximum absolute atomic E-state index is 14.1. The topological polar surface area (TPSA) is 198 Å². The molecule has 10 rings (SSSR count). The highest BCUT2D eigenvalue weighted by Crippen LogP contribution is 2.52. The summed E-state index contributed by atoms with van der Waals surface area (Å²) in [7, 11) is -4.65. The lowest BCUT2D eigenvalue weighted by molar-refractivity contribution is -0.388. The molecule has 354 valence electrons. The predicted octanol–water partition coefficient (Wildman–Crippen LogP) is 9.17. The summed E-state index contributed by atoms with van der Waals surface area (Å²) in [6, 6.07) is 20.4. The first-order valence-electron chi connectivity index (χ1n) is 23.6. The molecule has 1 spiro atoms. The Balaban J connectivity index is 0.844. The number of nitro groups is 1. The minimum Gasteiger partial charge on any atom is -0.491 e. The third kappa shape index (κ3) is 9.75. The van der Waals surface area contributed by atoms with Crippen LogP contribution in [0.2, 0.25) is 0 Å². The molecule has 5 aliphatic rings. The fourth-order valence-electron chi connectivity index (χ4n) is 10.7. The number of nitrogens with one attached hydrogen (secondary N) is 3. The molecule has 0 radical (unpaired) electrons. The molecule has 2 atom stereocenters. The Kier molecular flexibility index (Phi) is 12.5. The van der Waals surface area contributed by atoms with Crippen LogP contribution in [0.5, 0.6) is 17.2 Å². The minimum absolute atomic E-state index is 0.0405. The number of nitrogens with zero attached hydrogens (tertiary/aromatic N) is 3. The third-order valence-electron chi connectivity index (χ3n) is 14.7. The van der Waals surface area contributed by atoms with Gasteiger partial charge in [0.05, 0.1) is 39.8 Å². The van der Waals surface area contributed by atoms with Crippen molar-refractivity contribution in [2.24, 2.45) is 11.3 Å². The van der Waals surface area contributed by atoms with Crippen molar-refractivity contribution < 1.29 is 37.5 Å². The maximum atomic E-state index is 14.1. The first-order valence-corrected chi connectivity index (χ1v) is 26.0. The van der Waals surface area contributed by atoms with Crippen LogP contribution >= 0.6 is 11.8 Å². The summed E-state index contributed by atoms with van der Waals surface area (Å²) in [6.45, 7) is 7.02. The number of sulfonamides is 1. The number of carbonyl (C=O) groups excluding carboxylic acids is 1. The summed E-state index contributed by atoms with van der Waals surface area (Å²) in [5, 5.41) is 27.5. The number of rotatable bonds is 15. The molecular weight excluding hydrogens is 893 g/mol. The smallest absolute Gasteiger partial charge is 0.288 e. The summed E-state index contributed by atoms with van der Waals surface area (Å²) in [4.78, 5) is 35.5. The zero-order chi connectivity index (χ0) is 46.5. The number of anilines is 1. The Morgan fingerprint density at radius 3 is 2.58 bits per heavy atom. The first kappa shape index (κ1) is 45.6. The van der Waals surface area contributed by atoms with Crippen molar-refractivity contribution in [2.45, 2.75) is 117 Å². The van der Waals surface area contributed by atoms with E-state index in [-0.39, 0.29) is 51.2 Å². The van der Waals surface area contributed by atoms with E-state index in [4.69, 9.17) is 14.2 Å². The Morgan fingerprint density at radius 2 is 1.84 bits per heavy atom. The summed E-state index contributed by atoms with van der Waals surface area (Å²) in [5.41, 5.74) is 3.36. The number of nitro benzene ring substituents is 1. The van der Waals surface area contributed by atoms with Gasteiger partial charge in [-0.3, -0.25) is 14.9 Å². The first-order chi connectivity index (χ1) is 32.2. The molecule has 4 N–H and O–H groups in total. The molecule has 17 heteroatoms. The lowest BCUT2D eigenvalue weighted by atomic mass is 9.60. The molecule has 0 bridgehead atoms. The number of benzene rings is 3. The van der Waals surface area contributed by atoms with Crippen LogP contribution in [-0.4, -0.2) is 84.1 Å². The van der Waals surface area contributed by atoms with Gasteiger partial charge in [0.15, 0.2) is 0 Å². The monoisotopic (exact) mass is 950 g/mol. The number of thioether (sulfide) groups is 1. The number of ether oxygens (including phenoxy) is 3. The van der Waals surface area contributed by atoms with Gasteiger partial charge >= 0.3 is 0 Å². The second-order valence-corrected chi connectivity index (χ2v) is 22.4. The van der Waals surface area contributed by atoms with Crippen molar-refractivity contribution in [1.82, 2.24) is 20.0 Å². The Bertz CT molecular complexity index is 2770. The van der Waals surface area contributed by atoms with Gasteiger partial charge < -0.3 is 34.5 Å². The van der Waals surface area contributed by atoms with Crippen molar-refractivity contribution >= 4 is 50.1 Å². The number of aromatic amines is 1. The van der Waals surface area contributed by atoms with Crippen LogP contribution in [0.15, 0.2) is 88.9 Å². The van der Waals surface area contributed by atoms with E-state index in [0.29, 0.717) is 49.4 Å². The van der Waals surface area contributed by atoms with Gasteiger partial charge in [-0.25, -0.2) is 18.1 Å². The van der Waals surface area contributed by atoms with E-state index in [0.717, 1.165) is 68.8 Å². The molecule has 3 aromatic carbocycles. The van der Waals surface area contributed by atoms with E-state index in [1.165, 1.54) is 48.0 Å². The van der Waals surface area contributed by atoms with Gasteiger partial charge in [-0.2, -0.15) is 0 Å². The number of hydrogen-bond donors (Lipinski definition) is 4. The number of aliphatic hydroxyl groups is 1. The lowest BCUT2D eigenvalue weighted by Crippen LogP contribution is -2.54. The molecule has 2 aromatic heterocycles. The second-order valence-electron chi connectivity index (χ2n) is 19.5. The fraction of sp³-hybridized carbons (Fsp3) is 0.480. The van der Waals surface area contributed by atoms with Crippen LogP contribution in [0.25, 0.3) is 11.0 Å². The summed E-state index contributed by atoms with van der Waals surface area (Å²) in [6.07, 6.45) is 12.8. The average molecular weight is 951 g/mol. The lowest BCUT2D eigenvalue weighted by Gasteiger charge is -2.53. The zero-order valence-electron chi connectivity index (χ0n) is 37.9. The van der Waals surface area contributed by atoms with E-state index >= 15 is 0 Å². The van der Waals surface area contributed by atoms with Crippen molar-refractivity contribution in [3.05, 3.63) is 106 Å². The Hall–Kier alpha value is -5.20. The number of H-pyrrole nitrogens is 1. The van der Waals surface area contributed by atoms with E-state index in [9.17, 15) is 28.4 Å². The molecule has 1 saturated heterocycles. The third-order valence-corrected chi connectivity index (χ3v) is 17.5. The van der Waals surface area contributed by atoms with Crippen LogP contribution in [0.4, 0.5) is 11.4 Å². The van der Waals surface area contributed by atoms with Crippen LogP contribution in [0.1, 0.15) is 112 Å². The molecule has 0 unspecified atom stereocenters. The van der Waals surface area contributed by atoms with Gasteiger partial charge in [0.25, 0.3) is 21.6 Å². The van der Waals surface area contributed by atoms with E-state index < -0.39 is 37.0 Å². The van der Waals surface area contributed by atoms with Gasteiger partial charge in [-0.1, -0.05) is 24.3 Å². The molecule has 5 aromatic rings. The number of piperidine rings is 1. The van der Waals surface area contributed by atoms with Crippen molar-refractivity contribution in [2.75, 3.05) is 37.8 Å². The molecule has 67 heavy (non-hydrogen) atoms. The molecule has 1 amide bonds. The van der Waals surface area contributed by atoms with Crippen molar-refractivity contribution in [3.63, 3.8) is 0 Å². The van der Waals surface area contributed by atoms with Gasteiger partial charge in [0.2, 0.25) is 0 Å². The maximum Gasteiger partial charge on any atom is 0.288 e. The molecule has 2 aliphatic heterocycles. The highest BCUT2D eigenvalue weighted by atomic mass is 32.2. The Labute approximate surface area is 395 Å². The number of amides is 1. The highest BCUT2D eigenvalue weighted by molar-refractivity contribution is 8.00. The SMILES string of the molecule is CCOC[C@H](NC1CC2(CCN(c3ccc(C(=O)NS(=O)(=O)c4cc5c(c([N+](=O)[O-])c4)S[C@@H](C4CCC(C)(O)CC4)CO5)c(Oc4cnc5[nH]ccc5c4)c3)CC2)C1)c1ccccc1C1CC1. The van der Waals surface area contributed by atoms with E-state index in [2.05, 4.69) is 49.2 Å². The minimum atomic E-state index is -4.65. The van der Waals surface area contributed by atoms with Crippen molar-refractivity contribution in [1.29, 1.82) is 0 Å². The largest absolute Gasteiger partial charge is 0.491 e. The summed E-state index contributed by atoms with van der Waals surface area (Å²) >= 11 is 1.31. The molecule has 15 nitrogen and oxygen atoms in total. The second kappa shape index (κ2) is 18.4. The molecule has 3 saturated carbocycles. The molecule has 4 heterocycles. The van der Waals surface area contributed by atoms with E-state index in [1.54, 1.807) is 30.5 Å². The Morgan fingerprint density at radius 1 is 1.06 bits per heavy atom. The summed E-state index contributed by atoms with van der Waals surface area (Å²) < 4.78 is 48.5. The highest BCUT2D eigenvalue weighted by Gasteiger charge is 2.47. The van der Waals surface area contributed by atoms with Crippen LogP contribution in [0, 0.1) is 21.4 Å². The zero-order valence-corrected chi connectivity index (χ0v) is 39.5. The number of pyridine rings is 1. The molecule has 4 fully saturated rings. The number of aromatic nitrogens is 2. The fourth-order valence-corrected chi connectivity index (χ4v) is 13.1. The average Bonchev–Trinajstić information content (AvgIpc) is 4.05. The van der Waals surface area contributed by atoms with Crippen molar-refractivity contribution in [3.8, 4) is 17.2 Å². The van der Waals surface area contributed by atoms with Gasteiger partial charge in [-0.15, -0.1) is 11.8 Å². The standard InChI is InChI=1S/C50H58N6O9S2/c1-3-63-29-41(39-7-5-4-6-38(39)31-8-9-31)53-34-26-50(27-34)17-20-55(21-18-50)35-10-11-40(43(23-35)65-36-22-33-14-19-51-47(33)52-28-36)48(57)54-67(61,62)37-24-42(56(59)60)46-44(25-37)64-30-45(66-46)32-12-15-49(2,58)16-13-32/h4-7,10-11,14,19,22-25,28,31-32,34,41,45,53,58H,3,8-9,12-13,15-18,20-21,26-27,29-30H2,1-2H3,(H,51,52)(H,54,57)/t32?,41-,45+,49?/m0/s1. The van der Waals surface area contributed by atoms with Crippen LogP contribution in [0.3, 0.4) is 0 Å². The van der Waals surface area contributed by atoms with E-state index in [1.807, 2.05) is 19.9 Å². The predicted molar refractivity (Wildman–Crippen MR) is 256 cm³/mol. The number of fused-ring (bicyclic) bond motifs is 2. The summed E-state index contributed by atoms with van der Waals surface area (Å²) in [5.74, 6) is 0.432. The number of hydrogen-bond acceptors (Lipinski definition) is 13. The van der Waals surface area contributed by atoms with Gasteiger partial charge in [-0.05, 0) is 131 Å². The molecule has 3 aliphatic carbocycles. The quantitative estimate of drug-likeness (QED) is 0.0573.